The van der Waals surface area contributed by atoms with Gasteiger partial charge in [0.2, 0.25) is 11.9 Å². The highest BCUT2D eigenvalue weighted by atomic mass is 79.9. The number of benzene rings is 1. The summed E-state index contributed by atoms with van der Waals surface area (Å²) in [5.74, 6) is 5.08. The fourth-order valence-corrected chi connectivity index (χ4v) is 1.78. The molecule has 0 spiro atoms. The highest BCUT2D eigenvalue weighted by Gasteiger charge is 2.10. The Morgan fingerprint density at radius 3 is 2.57 bits per heavy atom. The molecule has 0 bridgehead atoms. The number of hydrogen-bond donors (Lipinski definition) is 3. The van der Waals surface area contributed by atoms with Crippen LogP contribution in [0, 0.1) is 5.82 Å². The standard InChI is InChI=1S/C12H14BrFN6O/c1-6(2)21-12-18-10(17-11(19-12)20-15)16-9-4-3-7(13)5-8(9)14/h3-6H,15H2,1-2H3,(H2,16,17,18,19,20). The first-order valence-electron chi connectivity index (χ1n) is 6.09. The van der Waals surface area contributed by atoms with Gasteiger partial charge in [-0.05, 0) is 32.0 Å². The van der Waals surface area contributed by atoms with Crippen LogP contribution in [0.5, 0.6) is 6.01 Å². The number of nitrogens with one attached hydrogen (secondary N) is 2. The van der Waals surface area contributed by atoms with Crippen LogP contribution in [-0.2, 0) is 0 Å². The molecule has 1 heterocycles. The fourth-order valence-electron chi connectivity index (χ4n) is 1.45. The van der Waals surface area contributed by atoms with Crippen molar-refractivity contribution in [3.05, 3.63) is 28.5 Å². The molecule has 9 heteroatoms. The Bertz CT molecular complexity index is 639. The van der Waals surface area contributed by atoms with E-state index in [1.807, 2.05) is 13.8 Å². The summed E-state index contributed by atoms with van der Waals surface area (Å²) < 4.78 is 19.8. The van der Waals surface area contributed by atoms with E-state index in [4.69, 9.17) is 10.6 Å². The summed E-state index contributed by atoms with van der Waals surface area (Å²) in [6.07, 6.45) is -0.115. The third-order valence-electron chi connectivity index (χ3n) is 2.26. The van der Waals surface area contributed by atoms with Gasteiger partial charge in [-0.25, -0.2) is 10.2 Å². The summed E-state index contributed by atoms with van der Waals surface area (Å²) in [7, 11) is 0. The van der Waals surface area contributed by atoms with Gasteiger partial charge in [0.15, 0.2) is 0 Å². The summed E-state index contributed by atoms with van der Waals surface area (Å²) in [5.41, 5.74) is 2.53. The minimum Gasteiger partial charge on any atom is -0.461 e. The van der Waals surface area contributed by atoms with Gasteiger partial charge in [0.05, 0.1) is 11.8 Å². The molecule has 2 rings (SSSR count). The maximum absolute atomic E-state index is 13.8. The number of nitrogens with zero attached hydrogens (tertiary/aromatic N) is 3. The van der Waals surface area contributed by atoms with Crippen LogP contribution in [-0.4, -0.2) is 21.1 Å². The summed E-state index contributed by atoms with van der Waals surface area (Å²) >= 11 is 3.19. The number of aromatic nitrogens is 3. The Morgan fingerprint density at radius 2 is 1.95 bits per heavy atom. The lowest BCUT2D eigenvalue weighted by Crippen LogP contribution is -2.15. The number of nitrogens with two attached hydrogens (primary N) is 1. The first kappa shape index (κ1) is 15.4. The molecule has 0 radical (unpaired) electrons. The number of hydrazine groups is 1. The summed E-state index contributed by atoms with van der Waals surface area (Å²) in [4.78, 5) is 12.0. The van der Waals surface area contributed by atoms with E-state index in [1.165, 1.54) is 6.07 Å². The molecule has 0 fully saturated rings. The van der Waals surface area contributed by atoms with E-state index in [1.54, 1.807) is 12.1 Å². The zero-order valence-corrected chi connectivity index (χ0v) is 13.0. The van der Waals surface area contributed by atoms with Crippen LogP contribution in [0.1, 0.15) is 13.8 Å². The van der Waals surface area contributed by atoms with Crippen LogP contribution in [0.2, 0.25) is 0 Å². The molecule has 0 saturated heterocycles. The monoisotopic (exact) mass is 356 g/mol. The topological polar surface area (TPSA) is 98.0 Å². The predicted octanol–water partition coefficient (Wildman–Crippen LogP) is 2.59. The van der Waals surface area contributed by atoms with Gasteiger partial charge < -0.3 is 10.1 Å². The second-order valence-electron chi connectivity index (χ2n) is 4.33. The van der Waals surface area contributed by atoms with E-state index in [0.717, 1.165) is 0 Å². The molecule has 0 aliphatic carbocycles. The van der Waals surface area contributed by atoms with Crippen molar-refractivity contribution in [3.63, 3.8) is 0 Å². The highest BCUT2D eigenvalue weighted by molar-refractivity contribution is 9.10. The van der Waals surface area contributed by atoms with Crippen LogP contribution >= 0.6 is 15.9 Å². The second-order valence-corrected chi connectivity index (χ2v) is 5.24. The SMILES string of the molecule is CC(C)Oc1nc(NN)nc(Nc2ccc(Br)cc2F)n1. The third kappa shape index (κ3) is 4.23. The van der Waals surface area contributed by atoms with Crippen LogP contribution in [0.25, 0.3) is 0 Å². The Balaban J connectivity index is 2.29. The van der Waals surface area contributed by atoms with E-state index < -0.39 is 5.82 Å². The van der Waals surface area contributed by atoms with Crippen molar-refractivity contribution >= 4 is 33.5 Å². The smallest absolute Gasteiger partial charge is 0.323 e. The first-order valence-corrected chi connectivity index (χ1v) is 6.88. The molecule has 112 valence electrons. The van der Waals surface area contributed by atoms with Gasteiger partial charge in [0.25, 0.3) is 0 Å². The minimum atomic E-state index is -0.446. The molecule has 1 aromatic heterocycles. The fraction of sp³-hybridized carbons (Fsp3) is 0.250. The van der Waals surface area contributed by atoms with Gasteiger partial charge >= 0.3 is 6.01 Å². The number of nitrogen functional groups attached to an aromatic ring is 1. The molecule has 1 aromatic carbocycles. The van der Waals surface area contributed by atoms with E-state index in [9.17, 15) is 4.39 Å². The zero-order valence-electron chi connectivity index (χ0n) is 11.4. The lowest BCUT2D eigenvalue weighted by atomic mass is 10.3. The normalized spacial score (nSPS) is 10.6. The van der Waals surface area contributed by atoms with Gasteiger partial charge in [-0.1, -0.05) is 15.9 Å². The largest absolute Gasteiger partial charge is 0.461 e. The van der Waals surface area contributed by atoms with Crippen molar-refractivity contribution in [2.45, 2.75) is 20.0 Å². The van der Waals surface area contributed by atoms with Crippen molar-refractivity contribution < 1.29 is 9.13 Å². The summed E-state index contributed by atoms with van der Waals surface area (Å²) in [5, 5.41) is 2.75. The third-order valence-corrected chi connectivity index (χ3v) is 2.76. The molecule has 2 aromatic rings. The highest BCUT2D eigenvalue weighted by Crippen LogP contribution is 2.22. The summed E-state index contributed by atoms with van der Waals surface area (Å²) in [6, 6.07) is 4.67. The van der Waals surface area contributed by atoms with Gasteiger partial charge in [0, 0.05) is 4.47 Å². The molecular formula is C12H14BrFN6O. The van der Waals surface area contributed by atoms with Crippen LogP contribution in [0.15, 0.2) is 22.7 Å². The first-order chi connectivity index (χ1) is 9.97. The van der Waals surface area contributed by atoms with Crippen LogP contribution in [0.4, 0.5) is 22.0 Å². The lowest BCUT2D eigenvalue weighted by molar-refractivity contribution is 0.222. The van der Waals surface area contributed by atoms with Crippen molar-refractivity contribution in [1.82, 2.24) is 15.0 Å². The number of hydrogen-bond acceptors (Lipinski definition) is 7. The Kier molecular flexibility index (Phi) is 4.86. The van der Waals surface area contributed by atoms with Crippen molar-refractivity contribution in [1.29, 1.82) is 0 Å². The number of anilines is 3. The van der Waals surface area contributed by atoms with E-state index in [0.29, 0.717) is 4.47 Å². The second kappa shape index (κ2) is 6.64. The van der Waals surface area contributed by atoms with Gasteiger partial charge in [-0.15, -0.1) is 0 Å². The minimum absolute atomic E-state index is 0.0907. The van der Waals surface area contributed by atoms with Crippen LogP contribution < -0.4 is 21.3 Å². The molecule has 0 unspecified atom stereocenters. The number of ether oxygens (including phenoxy) is 1. The van der Waals surface area contributed by atoms with Crippen molar-refractivity contribution in [3.8, 4) is 6.01 Å². The van der Waals surface area contributed by atoms with Crippen LogP contribution in [0.3, 0.4) is 0 Å². The quantitative estimate of drug-likeness (QED) is 0.559. The lowest BCUT2D eigenvalue weighted by Gasteiger charge is -2.11. The number of rotatable bonds is 5. The average Bonchev–Trinajstić information content (AvgIpc) is 2.41. The van der Waals surface area contributed by atoms with Crippen molar-refractivity contribution in [2.24, 2.45) is 5.84 Å². The van der Waals surface area contributed by atoms with Crippen molar-refractivity contribution in [2.75, 3.05) is 10.7 Å². The Hall–Kier alpha value is -2.00. The van der Waals surface area contributed by atoms with E-state index in [-0.39, 0.29) is 29.7 Å². The number of halogens is 2. The molecule has 0 atom stereocenters. The van der Waals surface area contributed by atoms with E-state index in [2.05, 4.69) is 41.6 Å². The zero-order chi connectivity index (χ0) is 15.4. The molecule has 0 saturated carbocycles. The maximum Gasteiger partial charge on any atom is 0.323 e. The molecule has 21 heavy (non-hydrogen) atoms. The molecule has 4 N–H and O–H groups in total. The van der Waals surface area contributed by atoms with E-state index >= 15 is 0 Å². The molecule has 0 aliphatic heterocycles. The van der Waals surface area contributed by atoms with Gasteiger partial charge in [0.1, 0.15) is 5.82 Å². The predicted molar refractivity (Wildman–Crippen MR) is 80.8 cm³/mol. The van der Waals surface area contributed by atoms with Gasteiger partial charge in [-0.2, -0.15) is 15.0 Å². The molecular weight excluding hydrogens is 343 g/mol. The maximum atomic E-state index is 13.8. The Labute approximate surface area is 129 Å². The Morgan fingerprint density at radius 1 is 1.24 bits per heavy atom. The molecule has 0 amide bonds. The molecule has 0 aliphatic rings. The average molecular weight is 357 g/mol. The summed E-state index contributed by atoms with van der Waals surface area (Å²) in [6.45, 7) is 3.67. The van der Waals surface area contributed by atoms with Gasteiger partial charge in [-0.3, -0.25) is 5.43 Å². The molecule has 7 nitrogen and oxygen atoms in total.